The number of nitrogens with one attached hydrogen (secondary N) is 1. The van der Waals surface area contributed by atoms with Crippen LogP contribution in [0.5, 0.6) is 5.75 Å². The highest BCUT2D eigenvalue weighted by Crippen LogP contribution is 2.09. The minimum absolute atomic E-state index is 0.763. The molecule has 0 atom stereocenters. The Morgan fingerprint density at radius 2 is 2.21 bits per heavy atom. The Morgan fingerprint density at radius 3 is 2.93 bits per heavy atom. The zero-order valence-electron chi connectivity index (χ0n) is 8.41. The van der Waals surface area contributed by atoms with E-state index < -0.39 is 0 Å². The van der Waals surface area contributed by atoms with E-state index in [9.17, 15) is 0 Å². The quantitative estimate of drug-likeness (QED) is 0.786. The van der Waals surface area contributed by atoms with Gasteiger partial charge in [-0.05, 0) is 25.9 Å². The van der Waals surface area contributed by atoms with Gasteiger partial charge >= 0.3 is 0 Å². The van der Waals surface area contributed by atoms with E-state index in [0.717, 1.165) is 18.9 Å². The van der Waals surface area contributed by atoms with Crippen LogP contribution in [0.1, 0.15) is 19.3 Å². The van der Waals surface area contributed by atoms with Crippen molar-refractivity contribution in [1.82, 2.24) is 15.1 Å². The van der Waals surface area contributed by atoms with Gasteiger partial charge in [0.1, 0.15) is 6.61 Å². The minimum Gasteiger partial charge on any atom is -0.489 e. The SMILES string of the molecule is c1n[nH]cc1OCCN1CCCCC1. The van der Waals surface area contributed by atoms with Crippen molar-refractivity contribution in [1.29, 1.82) is 0 Å². The minimum atomic E-state index is 0.763. The number of aromatic nitrogens is 2. The summed E-state index contributed by atoms with van der Waals surface area (Å²) in [5.74, 6) is 0.835. The number of aromatic amines is 1. The predicted molar refractivity (Wildman–Crippen MR) is 54.4 cm³/mol. The van der Waals surface area contributed by atoms with E-state index in [2.05, 4.69) is 15.1 Å². The lowest BCUT2D eigenvalue weighted by Gasteiger charge is -2.25. The Bertz CT molecular complexity index is 242. The molecule has 0 amide bonds. The molecule has 0 saturated carbocycles. The summed E-state index contributed by atoms with van der Waals surface area (Å²) in [6.45, 7) is 4.26. The molecule has 0 unspecified atom stereocenters. The van der Waals surface area contributed by atoms with E-state index in [1.54, 1.807) is 12.4 Å². The molecule has 0 radical (unpaired) electrons. The molecule has 4 nitrogen and oxygen atoms in total. The van der Waals surface area contributed by atoms with Crippen molar-refractivity contribution in [2.24, 2.45) is 0 Å². The molecule has 14 heavy (non-hydrogen) atoms. The fourth-order valence-corrected chi connectivity index (χ4v) is 1.79. The Hall–Kier alpha value is -1.03. The number of likely N-dealkylation sites (tertiary alicyclic amines) is 1. The van der Waals surface area contributed by atoms with Gasteiger partial charge in [0, 0.05) is 6.54 Å². The molecular weight excluding hydrogens is 178 g/mol. The fraction of sp³-hybridized carbons (Fsp3) is 0.700. The number of piperidine rings is 1. The summed E-state index contributed by atoms with van der Waals surface area (Å²) in [6, 6.07) is 0. The maximum Gasteiger partial charge on any atom is 0.156 e. The maximum atomic E-state index is 5.51. The fourth-order valence-electron chi connectivity index (χ4n) is 1.79. The van der Waals surface area contributed by atoms with Crippen LogP contribution in [0, 0.1) is 0 Å². The van der Waals surface area contributed by atoms with Crippen molar-refractivity contribution in [2.45, 2.75) is 19.3 Å². The number of hydrogen-bond acceptors (Lipinski definition) is 3. The first-order valence-electron chi connectivity index (χ1n) is 5.29. The molecule has 1 fully saturated rings. The lowest BCUT2D eigenvalue weighted by atomic mass is 10.1. The molecule has 1 aliphatic heterocycles. The third kappa shape index (κ3) is 2.73. The van der Waals surface area contributed by atoms with Crippen LogP contribution in [0.25, 0.3) is 0 Å². The molecule has 1 aromatic heterocycles. The summed E-state index contributed by atoms with van der Waals surface area (Å²) in [5.41, 5.74) is 0. The predicted octanol–water partition coefficient (Wildman–Crippen LogP) is 1.27. The van der Waals surface area contributed by atoms with E-state index in [1.807, 2.05) is 0 Å². The zero-order valence-corrected chi connectivity index (χ0v) is 8.41. The molecule has 0 aromatic carbocycles. The third-order valence-electron chi connectivity index (χ3n) is 2.60. The Balaban J connectivity index is 1.62. The number of H-pyrrole nitrogens is 1. The van der Waals surface area contributed by atoms with Gasteiger partial charge in [0.2, 0.25) is 0 Å². The Morgan fingerprint density at radius 1 is 1.36 bits per heavy atom. The van der Waals surface area contributed by atoms with E-state index >= 15 is 0 Å². The highest BCUT2D eigenvalue weighted by atomic mass is 16.5. The van der Waals surface area contributed by atoms with E-state index in [-0.39, 0.29) is 0 Å². The molecule has 1 N–H and O–H groups in total. The number of hydrogen-bond donors (Lipinski definition) is 1. The van der Waals surface area contributed by atoms with Crippen LogP contribution in [0.3, 0.4) is 0 Å². The molecular formula is C10H17N3O. The molecule has 78 valence electrons. The molecule has 1 aromatic rings. The van der Waals surface area contributed by atoms with Gasteiger partial charge in [-0.25, -0.2) is 0 Å². The molecule has 2 heterocycles. The maximum absolute atomic E-state index is 5.51. The third-order valence-corrected chi connectivity index (χ3v) is 2.60. The van der Waals surface area contributed by atoms with Crippen LogP contribution in [-0.2, 0) is 0 Å². The van der Waals surface area contributed by atoms with Gasteiger partial charge in [-0.2, -0.15) is 5.10 Å². The van der Waals surface area contributed by atoms with Gasteiger partial charge in [0.15, 0.2) is 5.75 Å². The molecule has 0 aliphatic carbocycles. The van der Waals surface area contributed by atoms with Crippen LogP contribution < -0.4 is 4.74 Å². The first kappa shape index (κ1) is 9.52. The van der Waals surface area contributed by atoms with Crippen LogP contribution in [0.4, 0.5) is 0 Å². The number of rotatable bonds is 4. The second-order valence-electron chi connectivity index (χ2n) is 3.68. The van der Waals surface area contributed by atoms with Crippen LogP contribution in [0.15, 0.2) is 12.4 Å². The first-order chi connectivity index (χ1) is 6.95. The molecule has 1 aliphatic rings. The van der Waals surface area contributed by atoms with Crippen molar-refractivity contribution < 1.29 is 4.74 Å². The van der Waals surface area contributed by atoms with Crippen molar-refractivity contribution in [3.63, 3.8) is 0 Å². The summed E-state index contributed by atoms with van der Waals surface area (Å²) in [5, 5.41) is 6.55. The Kier molecular flexibility index (Phi) is 3.40. The second-order valence-corrected chi connectivity index (χ2v) is 3.68. The summed E-state index contributed by atoms with van der Waals surface area (Å²) in [6.07, 6.45) is 7.54. The monoisotopic (exact) mass is 195 g/mol. The van der Waals surface area contributed by atoms with Crippen LogP contribution in [0.2, 0.25) is 0 Å². The van der Waals surface area contributed by atoms with Crippen molar-refractivity contribution >= 4 is 0 Å². The smallest absolute Gasteiger partial charge is 0.156 e. The lowest BCUT2D eigenvalue weighted by Crippen LogP contribution is -2.33. The van der Waals surface area contributed by atoms with E-state index in [1.165, 1.54) is 32.4 Å². The Labute approximate surface area is 84.3 Å². The topological polar surface area (TPSA) is 41.1 Å². The zero-order chi connectivity index (χ0) is 9.64. The van der Waals surface area contributed by atoms with Gasteiger partial charge < -0.3 is 4.74 Å². The van der Waals surface area contributed by atoms with Crippen LogP contribution in [-0.4, -0.2) is 41.3 Å². The molecule has 0 bridgehead atoms. The summed E-state index contributed by atoms with van der Waals surface area (Å²) < 4.78 is 5.51. The van der Waals surface area contributed by atoms with Gasteiger partial charge in [-0.15, -0.1) is 0 Å². The van der Waals surface area contributed by atoms with Crippen molar-refractivity contribution in [3.8, 4) is 5.75 Å². The van der Waals surface area contributed by atoms with Crippen LogP contribution >= 0.6 is 0 Å². The van der Waals surface area contributed by atoms with E-state index in [4.69, 9.17) is 4.74 Å². The molecule has 0 spiro atoms. The lowest BCUT2D eigenvalue weighted by molar-refractivity contribution is 0.183. The average molecular weight is 195 g/mol. The normalized spacial score (nSPS) is 18.3. The molecule has 2 rings (SSSR count). The highest BCUT2D eigenvalue weighted by molar-refractivity contribution is 5.09. The summed E-state index contributed by atoms with van der Waals surface area (Å²) in [7, 11) is 0. The van der Waals surface area contributed by atoms with Gasteiger partial charge in [-0.1, -0.05) is 6.42 Å². The summed E-state index contributed by atoms with van der Waals surface area (Å²) >= 11 is 0. The summed E-state index contributed by atoms with van der Waals surface area (Å²) in [4.78, 5) is 2.46. The van der Waals surface area contributed by atoms with Crippen molar-refractivity contribution in [3.05, 3.63) is 12.4 Å². The van der Waals surface area contributed by atoms with E-state index in [0.29, 0.717) is 0 Å². The van der Waals surface area contributed by atoms with Crippen molar-refractivity contribution in [2.75, 3.05) is 26.2 Å². The molecule has 1 saturated heterocycles. The first-order valence-corrected chi connectivity index (χ1v) is 5.29. The second kappa shape index (κ2) is 5.00. The number of nitrogens with zero attached hydrogens (tertiary/aromatic N) is 2. The average Bonchev–Trinajstić information content (AvgIpc) is 2.72. The van der Waals surface area contributed by atoms with Gasteiger partial charge in [-0.3, -0.25) is 10.00 Å². The van der Waals surface area contributed by atoms with Gasteiger partial charge in [0.25, 0.3) is 0 Å². The van der Waals surface area contributed by atoms with Gasteiger partial charge in [0.05, 0.1) is 12.4 Å². The molecule has 4 heteroatoms. The highest BCUT2D eigenvalue weighted by Gasteiger charge is 2.09. The standard InChI is InChI=1S/C10H17N3O/c1-2-4-13(5-3-1)6-7-14-10-8-11-12-9-10/h8-9H,1-7H2,(H,11,12). The number of ether oxygens (including phenoxy) is 1. The largest absolute Gasteiger partial charge is 0.489 e.